The molecule has 0 radical (unpaired) electrons. The highest BCUT2D eigenvalue weighted by atomic mass is 35.5. The van der Waals surface area contributed by atoms with E-state index in [1.165, 1.54) is 42.5 Å². The summed E-state index contributed by atoms with van der Waals surface area (Å²) in [7, 11) is 0. The van der Waals surface area contributed by atoms with Gasteiger partial charge < -0.3 is 29.3 Å². The molecule has 1 N–H and O–H groups in total. The van der Waals surface area contributed by atoms with Gasteiger partial charge in [0.1, 0.15) is 0 Å². The van der Waals surface area contributed by atoms with Crippen LogP contribution in [0.25, 0.3) is 0 Å². The van der Waals surface area contributed by atoms with Crippen LogP contribution in [0.3, 0.4) is 0 Å². The summed E-state index contributed by atoms with van der Waals surface area (Å²) in [6.45, 7) is 3.45. The molecule has 55 heavy (non-hydrogen) atoms. The van der Waals surface area contributed by atoms with Crippen LogP contribution in [0.4, 0.5) is 37.7 Å². The summed E-state index contributed by atoms with van der Waals surface area (Å²) in [4.78, 5) is 30.5. The lowest BCUT2D eigenvalue weighted by Crippen LogP contribution is -2.59. The molecular weight excluding hydrogens is 752 g/mol. The predicted molar refractivity (Wildman–Crippen MR) is 194 cm³/mol. The van der Waals surface area contributed by atoms with E-state index in [-0.39, 0.29) is 41.2 Å². The highest BCUT2D eigenvalue weighted by Crippen LogP contribution is 2.66. The van der Waals surface area contributed by atoms with Gasteiger partial charge in [-0.25, -0.2) is 4.79 Å². The van der Waals surface area contributed by atoms with Gasteiger partial charge in [-0.05, 0) is 79.3 Å². The third kappa shape index (κ3) is 6.81. The van der Waals surface area contributed by atoms with Gasteiger partial charge in [-0.3, -0.25) is 4.79 Å². The first-order chi connectivity index (χ1) is 26.3. The van der Waals surface area contributed by atoms with E-state index in [1.807, 2.05) is 0 Å². The van der Waals surface area contributed by atoms with Gasteiger partial charge >= 0.3 is 18.3 Å². The molecule has 15 heteroatoms. The molecule has 0 atom stereocenters. The minimum Gasteiger partial charge on any atom is -0.441 e. The topological polar surface area (TPSA) is 80.3 Å². The molecule has 2 saturated heterocycles. The molecule has 2 fully saturated rings. The van der Waals surface area contributed by atoms with Crippen LogP contribution in [0.15, 0.2) is 54.6 Å². The number of alkyl halides is 7. The molecule has 0 aromatic heterocycles. The molecule has 8 nitrogen and oxygen atoms in total. The van der Waals surface area contributed by atoms with Gasteiger partial charge in [0.15, 0.2) is 5.60 Å². The van der Waals surface area contributed by atoms with Gasteiger partial charge in [0, 0.05) is 78.8 Å². The van der Waals surface area contributed by atoms with Crippen molar-refractivity contribution < 1.29 is 50.1 Å². The number of amides is 1. The fourth-order valence-corrected chi connectivity index (χ4v) is 8.21. The van der Waals surface area contributed by atoms with Gasteiger partial charge in [-0.2, -0.15) is 26.3 Å². The highest BCUT2D eigenvalue weighted by Gasteiger charge is 2.77. The molecule has 1 amide bonds. The normalized spacial score (nSPS) is 17.9. The summed E-state index contributed by atoms with van der Waals surface area (Å²) in [5.41, 5.74) is -9.39. The number of nitrogens with one attached hydrogen (secondary N) is 1. The Labute approximate surface area is 320 Å². The minimum atomic E-state index is -5.86. The highest BCUT2D eigenvalue weighted by molar-refractivity contribution is 6.17. The molecule has 1 aliphatic carbocycles. The van der Waals surface area contributed by atoms with Crippen molar-refractivity contribution in [3.05, 3.63) is 93.5 Å². The number of unbranched alkanes of at least 4 members (excludes halogenated alkanes) is 3. The Kier molecular flexibility index (Phi) is 11.1. The Morgan fingerprint density at radius 3 is 1.80 bits per heavy atom. The lowest BCUT2D eigenvalue weighted by atomic mass is 9.59. The van der Waals surface area contributed by atoms with E-state index in [2.05, 4.69) is 5.32 Å². The van der Waals surface area contributed by atoms with Crippen molar-refractivity contribution in [3.8, 4) is 0 Å². The zero-order valence-electron chi connectivity index (χ0n) is 30.1. The van der Waals surface area contributed by atoms with E-state index in [0.717, 1.165) is 50.7 Å². The Balaban J connectivity index is 1.23. The maximum absolute atomic E-state index is 15.7. The van der Waals surface area contributed by atoms with Crippen molar-refractivity contribution >= 4 is 34.9 Å². The second-order valence-electron chi connectivity index (χ2n) is 14.3. The fraction of sp³-hybridized carbons (Fsp3) is 0.500. The average molecular weight is 794 g/mol. The zero-order valence-corrected chi connectivity index (χ0v) is 30.8. The fourth-order valence-electron chi connectivity index (χ4n) is 8.02. The molecule has 3 aliphatic heterocycles. The monoisotopic (exact) mass is 793 g/mol. The van der Waals surface area contributed by atoms with E-state index in [1.54, 1.807) is 9.80 Å². The lowest BCUT2D eigenvalue weighted by molar-refractivity contribution is -0.290. The van der Waals surface area contributed by atoms with Crippen LogP contribution < -0.4 is 15.1 Å². The number of benzene rings is 3. The summed E-state index contributed by atoms with van der Waals surface area (Å²) < 4.78 is 111. The van der Waals surface area contributed by atoms with Crippen LogP contribution >= 0.6 is 11.6 Å². The van der Waals surface area contributed by atoms with Crippen LogP contribution in [-0.4, -0.2) is 89.3 Å². The van der Waals surface area contributed by atoms with Crippen LogP contribution in [-0.2, 0) is 25.2 Å². The van der Waals surface area contributed by atoms with Crippen LogP contribution in [0.5, 0.6) is 0 Å². The number of carbonyl (C=O) groups excluding carboxylic acids is 2. The first kappa shape index (κ1) is 39.2. The van der Waals surface area contributed by atoms with Gasteiger partial charge in [0.25, 0.3) is 5.91 Å². The van der Waals surface area contributed by atoms with E-state index in [0.29, 0.717) is 51.9 Å². The molecule has 296 valence electrons. The van der Waals surface area contributed by atoms with E-state index in [4.69, 9.17) is 25.8 Å². The molecule has 7 rings (SSSR count). The molecule has 0 saturated carbocycles. The average Bonchev–Trinajstić information content (AvgIpc) is 3.37. The van der Waals surface area contributed by atoms with Gasteiger partial charge in [-0.15, -0.1) is 11.6 Å². The van der Waals surface area contributed by atoms with E-state index < -0.39 is 57.5 Å². The number of hydrogen-bond donors (Lipinski definition) is 1. The second-order valence-corrected chi connectivity index (χ2v) is 14.7. The van der Waals surface area contributed by atoms with Crippen molar-refractivity contribution in [2.75, 3.05) is 74.8 Å². The minimum absolute atomic E-state index is 0.0185. The SMILES string of the molecule is O=C(NCCOCCOCCCCCCCl)c1ccc2c(c1)C1(OC2=O)c2ccc(N3CCC3)cc2C(C(F)(F)F)(C(F)(F)F)c2cc(N3CCC3)ccc21. The summed E-state index contributed by atoms with van der Waals surface area (Å²) >= 11 is 5.68. The second kappa shape index (κ2) is 15.5. The predicted octanol–water partition coefficient (Wildman–Crippen LogP) is 7.86. The number of anilines is 2. The van der Waals surface area contributed by atoms with Crippen LogP contribution in [0.2, 0.25) is 0 Å². The van der Waals surface area contributed by atoms with Crippen LogP contribution in [0.1, 0.15) is 87.1 Å². The number of ether oxygens (including phenoxy) is 3. The summed E-state index contributed by atoms with van der Waals surface area (Å²) in [6.07, 6.45) is -6.27. The number of hydrogen-bond acceptors (Lipinski definition) is 7. The molecule has 3 aromatic carbocycles. The Morgan fingerprint density at radius 1 is 0.709 bits per heavy atom. The molecular formula is C40H42ClF6N3O5. The number of nitrogens with zero attached hydrogens (tertiary/aromatic N) is 2. The standard InChI is InChI=1S/C40H42ClF6N3O5/c41-13-3-1-2-4-19-53-21-22-54-20-14-48-35(51)26-7-10-29-32(23-26)37(55-36(29)52)30-11-8-27(49-15-5-16-49)24-33(30)38(39(42,43)44,40(45,46)47)34-25-28(9-12-31(34)37)50-17-6-18-50/h7-12,23-25H,1-6,13-22H2,(H,48,51). The third-order valence-corrected chi connectivity index (χ3v) is 11.3. The third-order valence-electron chi connectivity index (χ3n) is 11.1. The quantitative estimate of drug-likeness (QED) is 0.0727. The van der Waals surface area contributed by atoms with E-state index in [9.17, 15) is 9.59 Å². The number of esters is 1. The molecule has 4 aliphatic rings. The molecule has 3 aromatic rings. The summed E-state index contributed by atoms with van der Waals surface area (Å²) in [5.74, 6) is -0.867. The molecule has 1 spiro atoms. The number of fused-ring (bicyclic) bond motifs is 6. The van der Waals surface area contributed by atoms with Crippen molar-refractivity contribution in [2.24, 2.45) is 0 Å². The molecule has 0 bridgehead atoms. The summed E-state index contributed by atoms with van der Waals surface area (Å²) in [6, 6.07) is 11.3. The van der Waals surface area contributed by atoms with Crippen LogP contribution in [0, 0.1) is 0 Å². The lowest BCUT2D eigenvalue weighted by Gasteiger charge is -2.49. The molecule has 0 unspecified atom stereocenters. The Hall–Kier alpha value is -4.01. The first-order valence-electron chi connectivity index (χ1n) is 18.7. The maximum Gasteiger partial charge on any atom is 0.411 e. The van der Waals surface area contributed by atoms with Gasteiger partial charge in [-0.1, -0.05) is 25.0 Å². The maximum atomic E-state index is 15.7. The number of rotatable bonds is 15. The number of halogens is 7. The Bertz CT molecular complexity index is 1830. The van der Waals surface area contributed by atoms with Gasteiger partial charge in [0.05, 0.1) is 25.4 Å². The van der Waals surface area contributed by atoms with Crippen molar-refractivity contribution in [1.82, 2.24) is 5.32 Å². The van der Waals surface area contributed by atoms with Crippen molar-refractivity contribution in [1.29, 1.82) is 0 Å². The van der Waals surface area contributed by atoms with Crippen molar-refractivity contribution in [3.63, 3.8) is 0 Å². The molecule has 3 heterocycles. The Morgan fingerprint density at radius 2 is 1.27 bits per heavy atom. The first-order valence-corrected chi connectivity index (χ1v) is 19.2. The zero-order chi connectivity index (χ0) is 39.0. The van der Waals surface area contributed by atoms with Crippen molar-refractivity contribution in [2.45, 2.75) is 61.9 Å². The largest absolute Gasteiger partial charge is 0.441 e. The number of carbonyl (C=O) groups is 2. The van der Waals surface area contributed by atoms with E-state index >= 15 is 26.3 Å². The van der Waals surface area contributed by atoms with Gasteiger partial charge in [0.2, 0.25) is 5.41 Å². The smallest absolute Gasteiger partial charge is 0.411 e. The summed E-state index contributed by atoms with van der Waals surface area (Å²) in [5, 5.41) is 2.73.